The van der Waals surface area contributed by atoms with Crippen molar-refractivity contribution in [2.24, 2.45) is 5.73 Å². The zero-order chi connectivity index (χ0) is 12.6. The van der Waals surface area contributed by atoms with Crippen LogP contribution in [0, 0.1) is 11.8 Å². The quantitative estimate of drug-likeness (QED) is 0.539. The van der Waals surface area contributed by atoms with E-state index < -0.39 is 0 Å². The number of hydrogen-bond acceptors (Lipinski definition) is 3. The zero-order valence-corrected chi connectivity index (χ0v) is 11.4. The molecule has 3 N–H and O–H groups in total. The van der Waals surface area contributed by atoms with Crippen molar-refractivity contribution in [2.45, 2.75) is 45.1 Å². The van der Waals surface area contributed by atoms with Gasteiger partial charge < -0.3 is 16.0 Å². The second-order valence-electron chi connectivity index (χ2n) is 4.93. The highest BCUT2D eigenvalue weighted by atomic mass is 15.2. The molecule has 0 unspecified atom stereocenters. The van der Waals surface area contributed by atoms with Gasteiger partial charge in [-0.15, -0.1) is 11.8 Å². The highest BCUT2D eigenvalue weighted by Crippen LogP contribution is 2.21. The average Bonchev–Trinajstić information content (AvgIpc) is 2.37. The lowest BCUT2D eigenvalue weighted by molar-refractivity contribution is 0.140. The van der Waals surface area contributed by atoms with Gasteiger partial charge in [-0.25, -0.2) is 0 Å². The van der Waals surface area contributed by atoms with Gasteiger partial charge in [0.05, 0.1) is 0 Å². The summed E-state index contributed by atoms with van der Waals surface area (Å²) < 4.78 is 0. The fourth-order valence-corrected chi connectivity index (χ4v) is 2.49. The van der Waals surface area contributed by atoms with E-state index in [1.165, 1.54) is 38.9 Å². The van der Waals surface area contributed by atoms with Crippen LogP contribution in [0.25, 0.3) is 0 Å². The molecule has 1 fully saturated rings. The van der Waals surface area contributed by atoms with Crippen molar-refractivity contribution in [3.8, 4) is 11.8 Å². The molecule has 0 spiro atoms. The fraction of sp³-hybridized carbons (Fsp3) is 0.857. The van der Waals surface area contributed by atoms with E-state index in [1.807, 2.05) is 6.92 Å². The first-order chi connectivity index (χ1) is 8.26. The third kappa shape index (κ3) is 4.67. The molecule has 17 heavy (non-hydrogen) atoms. The molecule has 3 nitrogen and oxygen atoms in total. The van der Waals surface area contributed by atoms with Gasteiger partial charge in [0.1, 0.15) is 0 Å². The summed E-state index contributed by atoms with van der Waals surface area (Å²) in [5.41, 5.74) is 6.12. The molecular weight excluding hydrogens is 210 g/mol. The summed E-state index contributed by atoms with van der Waals surface area (Å²) in [5, 5.41) is 3.63. The minimum atomic E-state index is 0.166. The van der Waals surface area contributed by atoms with Crippen molar-refractivity contribution in [1.29, 1.82) is 0 Å². The molecule has 1 heterocycles. The van der Waals surface area contributed by atoms with Crippen molar-refractivity contribution in [2.75, 3.05) is 32.7 Å². The van der Waals surface area contributed by atoms with Crippen LogP contribution >= 0.6 is 0 Å². The summed E-state index contributed by atoms with van der Waals surface area (Å²) in [6, 6.07) is 0. The van der Waals surface area contributed by atoms with E-state index in [0.717, 1.165) is 19.5 Å². The van der Waals surface area contributed by atoms with Crippen LogP contribution in [0.3, 0.4) is 0 Å². The Balaban J connectivity index is 2.34. The van der Waals surface area contributed by atoms with Gasteiger partial charge in [-0.2, -0.15) is 0 Å². The molecule has 1 rings (SSSR count). The van der Waals surface area contributed by atoms with E-state index in [9.17, 15) is 0 Å². The van der Waals surface area contributed by atoms with Gasteiger partial charge in [0.15, 0.2) is 0 Å². The monoisotopic (exact) mass is 237 g/mol. The summed E-state index contributed by atoms with van der Waals surface area (Å²) in [7, 11) is 0. The number of likely N-dealkylation sites (tertiary alicyclic amines) is 1. The summed E-state index contributed by atoms with van der Waals surface area (Å²) in [4.78, 5) is 2.54. The predicted molar refractivity (Wildman–Crippen MR) is 73.8 cm³/mol. The van der Waals surface area contributed by atoms with E-state index in [4.69, 9.17) is 5.73 Å². The molecule has 0 aromatic carbocycles. The van der Waals surface area contributed by atoms with Crippen molar-refractivity contribution in [3.63, 3.8) is 0 Å². The second kappa shape index (κ2) is 7.71. The molecule has 0 saturated carbocycles. The summed E-state index contributed by atoms with van der Waals surface area (Å²) in [5.74, 6) is 6.02. The molecule has 0 aromatic heterocycles. The van der Waals surface area contributed by atoms with Gasteiger partial charge in [0, 0.05) is 25.0 Å². The Morgan fingerprint density at radius 3 is 2.59 bits per heavy atom. The third-order valence-electron chi connectivity index (χ3n) is 3.67. The molecular formula is C14H27N3. The molecule has 3 heteroatoms. The van der Waals surface area contributed by atoms with Crippen LogP contribution in [0.1, 0.15) is 39.5 Å². The first-order valence-electron chi connectivity index (χ1n) is 6.83. The zero-order valence-electron chi connectivity index (χ0n) is 11.4. The Morgan fingerprint density at radius 2 is 2.06 bits per heavy atom. The number of nitrogens with zero attached hydrogens (tertiary/aromatic N) is 1. The minimum absolute atomic E-state index is 0.166. The molecule has 98 valence electrons. The van der Waals surface area contributed by atoms with Gasteiger partial charge in [-0.1, -0.05) is 6.92 Å². The van der Waals surface area contributed by atoms with Gasteiger partial charge >= 0.3 is 0 Å². The Labute approximate surface area is 106 Å². The maximum atomic E-state index is 5.96. The van der Waals surface area contributed by atoms with Crippen molar-refractivity contribution >= 4 is 0 Å². The lowest BCUT2D eigenvalue weighted by Crippen LogP contribution is -2.57. The van der Waals surface area contributed by atoms with Crippen molar-refractivity contribution in [3.05, 3.63) is 0 Å². The van der Waals surface area contributed by atoms with Crippen molar-refractivity contribution in [1.82, 2.24) is 10.2 Å². The number of hydrogen-bond donors (Lipinski definition) is 2. The molecule has 0 aromatic rings. The molecule has 0 atom stereocenters. The average molecular weight is 237 g/mol. The minimum Gasteiger partial charge on any atom is -0.329 e. The van der Waals surface area contributed by atoms with Gasteiger partial charge in [0.25, 0.3) is 0 Å². The number of piperidine rings is 1. The molecule has 0 amide bonds. The first-order valence-corrected chi connectivity index (χ1v) is 6.83. The number of nitrogens with two attached hydrogens (primary N) is 1. The molecule has 0 radical (unpaired) electrons. The highest BCUT2D eigenvalue weighted by molar-refractivity contribution is 4.98. The van der Waals surface area contributed by atoms with E-state index in [0.29, 0.717) is 0 Å². The van der Waals surface area contributed by atoms with Crippen LogP contribution in [0.4, 0.5) is 0 Å². The van der Waals surface area contributed by atoms with Crippen LogP contribution in [-0.2, 0) is 0 Å². The van der Waals surface area contributed by atoms with Crippen LogP contribution in [0.15, 0.2) is 0 Å². The Kier molecular flexibility index (Phi) is 6.57. The van der Waals surface area contributed by atoms with Gasteiger partial charge in [0.2, 0.25) is 0 Å². The molecule has 0 aliphatic carbocycles. The normalized spacial score (nSPS) is 19.7. The van der Waals surface area contributed by atoms with E-state index in [1.54, 1.807) is 0 Å². The van der Waals surface area contributed by atoms with E-state index >= 15 is 0 Å². The SMILES string of the molecule is CC#CCCNC1(CN)CCN(CCC)CC1. The Morgan fingerprint density at radius 1 is 1.35 bits per heavy atom. The van der Waals surface area contributed by atoms with Crippen LogP contribution in [-0.4, -0.2) is 43.2 Å². The maximum absolute atomic E-state index is 5.96. The first kappa shape index (κ1) is 14.5. The summed E-state index contributed by atoms with van der Waals surface area (Å²) in [6.07, 6.45) is 4.51. The molecule has 1 aliphatic heterocycles. The van der Waals surface area contributed by atoms with E-state index in [2.05, 4.69) is 29.0 Å². The lowest BCUT2D eigenvalue weighted by Gasteiger charge is -2.42. The van der Waals surface area contributed by atoms with Gasteiger partial charge in [-0.3, -0.25) is 0 Å². The summed E-state index contributed by atoms with van der Waals surface area (Å²) in [6.45, 7) is 9.42. The Hall–Kier alpha value is -0.560. The van der Waals surface area contributed by atoms with Crippen LogP contribution in [0.2, 0.25) is 0 Å². The van der Waals surface area contributed by atoms with Gasteiger partial charge in [-0.05, 0) is 45.8 Å². The topological polar surface area (TPSA) is 41.3 Å². The second-order valence-corrected chi connectivity index (χ2v) is 4.93. The van der Waals surface area contributed by atoms with Crippen LogP contribution in [0.5, 0.6) is 0 Å². The largest absolute Gasteiger partial charge is 0.329 e. The van der Waals surface area contributed by atoms with Crippen molar-refractivity contribution < 1.29 is 0 Å². The number of nitrogens with one attached hydrogen (secondary N) is 1. The van der Waals surface area contributed by atoms with E-state index in [-0.39, 0.29) is 5.54 Å². The smallest absolute Gasteiger partial charge is 0.0328 e. The summed E-state index contributed by atoms with van der Waals surface area (Å²) >= 11 is 0. The van der Waals surface area contributed by atoms with Crippen LogP contribution < -0.4 is 11.1 Å². The molecule has 1 saturated heterocycles. The predicted octanol–water partition coefficient (Wildman–Crippen LogP) is 1.19. The fourth-order valence-electron chi connectivity index (χ4n) is 2.49. The third-order valence-corrected chi connectivity index (χ3v) is 3.67. The molecule has 1 aliphatic rings. The number of rotatable bonds is 6. The lowest BCUT2D eigenvalue weighted by atomic mass is 9.87. The standard InChI is InChI=1S/C14H27N3/c1-3-5-6-9-16-14(13-15)7-11-17(10-4-2)12-8-14/h16H,4,6-13,15H2,1-2H3. The molecule has 0 bridgehead atoms. The maximum Gasteiger partial charge on any atom is 0.0328 e. The highest BCUT2D eigenvalue weighted by Gasteiger charge is 2.32. The Bertz CT molecular complexity index is 256.